The van der Waals surface area contributed by atoms with Gasteiger partial charge in [-0.2, -0.15) is 0 Å². The fraction of sp³-hybridized carbons (Fsp3) is 0.846. The fourth-order valence-electron chi connectivity index (χ4n) is 2.74. The van der Waals surface area contributed by atoms with Crippen molar-refractivity contribution in [1.29, 1.82) is 0 Å². The lowest BCUT2D eigenvalue weighted by molar-refractivity contribution is 0.0957. The third-order valence-corrected chi connectivity index (χ3v) is 5.69. The molecule has 0 spiro atoms. The first-order valence-electron chi connectivity index (χ1n) is 7.59. The van der Waals surface area contributed by atoms with E-state index in [-0.39, 0.29) is 35.7 Å². The maximum absolute atomic E-state index is 11.9. The van der Waals surface area contributed by atoms with Gasteiger partial charge in [0.1, 0.15) is 0 Å². The van der Waals surface area contributed by atoms with Gasteiger partial charge >= 0.3 is 12.1 Å². The van der Waals surface area contributed by atoms with E-state index in [1.807, 2.05) is 0 Å². The molecule has 2 rings (SSSR count). The molecule has 0 aromatic heterocycles. The Morgan fingerprint density at radius 2 is 1.77 bits per heavy atom. The molecular weight excluding hydrogens is 310 g/mol. The van der Waals surface area contributed by atoms with Crippen molar-refractivity contribution < 1.29 is 22.7 Å². The van der Waals surface area contributed by atoms with Gasteiger partial charge in [-0.15, -0.1) is 0 Å². The number of amides is 3. The SMILES string of the molecule is CCOC(=O)N1CCC(NC(=O)NC2CCS(=O)(=O)C2)CC1. The monoisotopic (exact) mass is 333 g/mol. The van der Waals surface area contributed by atoms with E-state index in [0.29, 0.717) is 39.0 Å². The summed E-state index contributed by atoms with van der Waals surface area (Å²) in [5.41, 5.74) is 0. The summed E-state index contributed by atoms with van der Waals surface area (Å²) in [6.07, 6.45) is 1.48. The predicted molar refractivity (Wildman–Crippen MR) is 80.3 cm³/mol. The van der Waals surface area contributed by atoms with Crippen molar-refractivity contribution in [2.45, 2.75) is 38.3 Å². The molecular formula is C13H23N3O5S. The first-order chi connectivity index (χ1) is 10.4. The Morgan fingerprint density at radius 3 is 2.32 bits per heavy atom. The van der Waals surface area contributed by atoms with Gasteiger partial charge in [0.05, 0.1) is 18.1 Å². The number of nitrogens with one attached hydrogen (secondary N) is 2. The number of hydrogen-bond donors (Lipinski definition) is 2. The van der Waals surface area contributed by atoms with E-state index >= 15 is 0 Å². The Hall–Kier alpha value is -1.51. The molecule has 0 radical (unpaired) electrons. The number of ether oxygens (including phenoxy) is 1. The average molecular weight is 333 g/mol. The van der Waals surface area contributed by atoms with Crippen molar-refractivity contribution in [3.05, 3.63) is 0 Å². The van der Waals surface area contributed by atoms with Crippen LogP contribution in [0.2, 0.25) is 0 Å². The number of carbonyl (C=O) groups excluding carboxylic acids is 2. The van der Waals surface area contributed by atoms with Crippen LogP contribution in [-0.2, 0) is 14.6 Å². The second-order valence-corrected chi connectivity index (χ2v) is 7.91. The molecule has 1 atom stereocenters. The van der Waals surface area contributed by atoms with Gasteiger partial charge in [0.2, 0.25) is 0 Å². The molecule has 0 aliphatic carbocycles. The second kappa shape index (κ2) is 7.17. The van der Waals surface area contributed by atoms with Gasteiger partial charge in [-0.25, -0.2) is 18.0 Å². The van der Waals surface area contributed by atoms with E-state index in [4.69, 9.17) is 4.74 Å². The zero-order valence-electron chi connectivity index (χ0n) is 12.7. The van der Waals surface area contributed by atoms with E-state index < -0.39 is 9.84 Å². The molecule has 2 saturated heterocycles. The number of urea groups is 1. The summed E-state index contributed by atoms with van der Waals surface area (Å²) in [6.45, 7) is 3.20. The van der Waals surface area contributed by atoms with Crippen molar-refractivity contribution in [2.75, 3.05) is 31.2 Å². The van der Waals surface area contributed by atoms with Gasteiger partial charge in [-0.1, -0.05) is 0 Å². The Morgan fingerprint density at radius 1 is 1.14 bits per heavy atom. The van der Waals surface area contributed by atoms with Crippen molar-refractivity contribution >= 4 is 22.0 Å². The molecule has 2 N–H and O–H groups in total. The largest absolute Gasteiger partial charge is 0.450 e. The van der Waals surface area contributed by atoms with Crippen LogP contribution in [0, 0.1) is 0 Å². The summed E-state index contributed by atoms with van der Waals surface area (Å²) in [5.74, 6) is 0.150. The smallest absolute Gasteiger partial charge is 0.409 e. The van der Waals surface area contributed by atoms with Gasteiger partial charge in [0.15, 0.2) is 9.84 Å². The van der Waals surface area contributed by atoms with Gasteiger partial charge in [0, 0.05) is 25.2 Å². The van der Waals surface area contributed by atoms with Crippen molar-refractivity contribution in [1.82, 2.24) is 15.5 Å². The van der Waals surface area contributed by atoms with Crippen LogP contribution in [0.25, 0.3) is 0 Å². The van der Waals surface area contributed by atoms with Crippen LogP contribution in [0.4, 0.5) is 9.59 Å². The molecule has 2 heterocycles. The average Bonchev–Trinajstić information content (AvgIpc) is 2.78. The molecule has 2 aliphatic rings. The van der Waals surface area contributed by atoms with Crippen LogP contribution in [0.1, 0.15) is 26.2 Å². The van der Waals surface area contributed by atoms with Crippen molar-refractivity contribution in [3.8, 4) is 0 Å². The first kappa shape index (κ1) is 16.9. The minimum Gasteiger partial charge on any atom is -0.450 e. The second-order valence-electron chi connectivity index (χ2n) is 5.68. The molecule has 0 aromatic rings. The lowest BCUT2D eigenvalue weighted by Gasteiger charge is -2.31. The quantitative estimate of drug-likeness (QED) is 0.762. The molecule has 0 bridgehead atoms. The summed E-state index contributed by atoms with van der Waals surface area (Å²) in [4.78, 5) is 25.1. The lowest BCUT2D eigenvalue weighted by atomic mass is 10.1. The Kier molecular flexibility index (Phi) is 5.49. The highest BCUT2D eigenvalue weighted by molar-refractivity contribution is 7.91. The minimum absolute atomic E-state index is 0.0105. The van der Waals surface area contributed by atoms with Crippen molar-refractivity contribution in [3.63, 3.8) is 0 Å². The zero-order chi connectivity index (χ0) is 16.2. The number of hydrogen-bond acceptors (Lipinski definition) is 5. The maximum Gasteiger partial charge on any atom is 0.409 e. The van der Waals surface area contributed by atoms with Crippen LogP contribution < -0.4 is 10.6 Å². The summed E-state index contributed by atoms with van der Waals surface area (Å²) in [7, 11) is -3.00. The number of rotatable bonds is 3. The molecule has 3 amide bonds. The molecule has 8 nitrogen and oxygen atoms in total. The summed E-state index contributed by atoms with van der Waals surface area (Å²) in [5, 5.41) is 5.54. The number of nitrogens with zero attached hydrogens (tertiary/aromatic N) is 1. The first-order valence-corrected chi connectivity index (χ1v) is 9.41. The van der Waals surface area contributed by atoms with E-state index in [9.17, 15) is 18.0 Å². The van der Waals surface area contributed by atoms with E-state index in [1.54, 1.807) is 11.8 Å². The molecule has 2 aliphatic heterocycles. The maximum atomic E-state index is 11.9. The summed E-state index contributed by atoms with van der Waals surface area (Å²) >= 11 is 0. The molecule has 0 saturated carbocycles. The highest BCUT2D eigenvalue weighted by Crippen LogP contribution is 2.13. The standard InChI is InChI=1S/C13H23N3O5S/c1-2-21-13(18)16-6-3-10(4-7-16)14-12(17)15-11-5-8-22(19,20)9-11/h10-11H,2-9H2,1H3,(H2,14,15,17). The number of sulfone groups is 1. The third kappa shape index (κ3) is 4.75. The molecule has 2 fully saturated rings. The van der Waals surface area contributed by atoms with Gasteiger partial charge in [-0.3, -0.25) is 0 Å². The summed E-state index contributed by atoms with van der Waals surface area (Å²) in [6, 6.07) is -0.648. The third-order valence-electron chi connectivity index (χ3n) is 3.92. The van der Waals surface area contributed by atoms with E-state index in [1.165, 1.54) is 0 Å². The van der Waals surface area contributed by atoms with Crippen molar-refractivity contribution in [2.24, 2.45) is 0 Å². The van der Waals surface area contributed by atoms with Crippen LogP contribution in [0.15, 0.2) is 0 Å². The predicted octanol–water partition coefficient (Wildman–Crippen LogP) is 0.0936. The molecule has 22 heavy (non-hydrogen) atoms. The normalized spacial score (nSPS) is 24.8. The van der Waals surface area contributed by atoms with Crippen LogP contribution >= 0.6 is 0 Å². The molecule has 9 heteroatoms. The number of likely N-dealkylation sites (tertiary alicyclic amines) is 1. The van der Waals surface area contributed by atoms with E-state index in [0.717, 1.165) is 0 Å². The Balaban J connectivity index is 1.70. The number of piperidine rings is 1. The minimum atomic E-state index is -3.00. The molecule has 1 unspecified atom stereocenters. The van der Waals surface area contributed by atoms with Crippen LogP contribution in [0.5, 0.6) is 0 Å². The highest BCUT2D eigenvalue weighted by atomic mass is 32.2. The molecule has 0 aromatic carbocycles. The zero-order valence-corrected chi connectivity index (χ0v) is 13.5. The van der Waals surface area contributed by atoms with Crippen LogP contribution in [-0.4, -0.2) is 68.7 Å². The fourth-order valence-corrected chi connectivity index (χ4v) is 4.42. The van der Waals surface area contributed by atoms with E-state index in [2.05, 4.69) is 10.6 Å². The number of carbonyl (C=O) groups is 2. The highest BCUT2D eigenvalue weighted by Gasteiger charge is 2.30. The lowest BCUT2D eigenvalue weighted by Crippen LogP contribution is -2.51. The Bertz CT molecular complexity index is 514. The summed E-state index contributed by atoms with van der Waals surface area (Å²) < 4.78 is 27.6. The van der Waals surface area contributed by atoms with Gasteiger partial charge < -0.3 is 20.3 Å². The molecule has 126 valence electrons. The topological polar surface area (TPSA) is 105 Å². The Labute approximate surface area is 130 Å². The van der Waals surface area contributed by atoms with Crippen LogP contribution in [0.3, 0.4) is 0 Å². The van der Waals surface area contributed by atoms with Gasteiger partial charge in [-0.05, 0) is 26.2 Å². The van der Waals surface area contributed by atoms with Gasteiger partial charge in [0.25, 0.3) is 0 Å².